The summed E-state index contributed by atoms with van der Waals surface area (Å²) in [5, 5.41) is 3.32. The van der Waals surface area contributed by atoms with Gasteiger partial charge in [-0.15, -0.1) is 0 Å². The highest BCUT2D eigenvalue weighted by atomic mass is 32.2. The maximum Gasteiger partial charge on any atom is 0.243 e. The first kappa shape index (κ1) is 13.9. The molecule has 0 spiro atoms. The van der Waals surface area contributed by atoms with Crippen LogP contribution in [0.2, 0.25) is 0 Å². The molecule has 2 aliphatic rings. The van der Waals surface area contributed by atoms with Crippen LogP contribution in [0.3, 0.4) is 0 Å². The average Bonchev–Trinajstić information content (AvgIpc) is 2.75. The normalized spacial score (nSPS) is 22.3. The summed E-state index contributed by atoms with van der Waals surface area (Å²) in [6.07, 6.45) is 0. The molecule has 6 heteroatoms. The number of rotatable bonds is 2. The summed E-state index contributed by atoms with van der Waals surface area (Å²) >= 11 is 0. The molecule has 1 aromatic rings. The van der Waals surface area contributed by atoms with E-state index in [1.165, 1.54) is 4.31 Å². The van der Waals surface area contributed by atoms with Gasteiger partial charge in [0.2, 0.25) is 10.0 Å². The van der Waals surface area contributed by atoms with E-state index >= 15 is 0 Å². The van der Waals surface area contributed by atoms with Crippen LogP contribution in [0.1, 0.15) is 19.4 Å². The van der Waals surface area contributed by atoms with Gasteiger partial charge in [0.05, 0.1) is 18.1 Å². The fraction of sp³-hybridized carbons (Fsp3) is 0.571. The first-order valence-corrected chi connectivity index (χ1v) is 8.32. The molecule has 0 radical (unpaired) electrons. The van der Waals surface area contributed by atoms with Gasteiger partial charge in [-0.3, -0.25) is 0 Å². The van der Waals surface area contributed by atoms with Crippen LogP contribution >= 0.6 is 0 Å². The summed E-state index contributed by atoms with van der Waals surface area (Å²) in [5.41, 5.74) is 2.08. The molecule has 3 rings (SSSR count). The van der Waals surface area contributed by atoms with Crippen LogP contribution in [-0.4, -0.2) is 45.6 Å². The molecule has 110 valence electrons. The van der Waals surface area contributed by atoms with E-state index in [4.69, 9.17) is 4.74 Å². The highest BCUT2D eigenvalue weighted by Crippen LogP contribution is 2.37. The highest BCUT2D eigenvalue weighted by Gasteiger charge is 2.33. The van der Waals surface area contributed by atoms with E-state index in [1.807, 2.05) is 12.1 Å². The van der Waals surface area contributed by atoms with Gasteiger partial charge in [0, 0.05) is 30.7 Å². The standard InChI is InChI=1S/C14H20N2O3S/c1-14(2)10-15-13-4-3-11(9-12(13)14)20(17,18)16-5-7-19-8-6-16/h3-4,9,15H,5-8,10H2,1-2H3. The molecular weight excluding hydrogens is 276 g/mol. The number of hydrogen-bond acceptors (Lipinski definition) is 4. The zero-order valence-corrected chi connectivity index (χ0v) is 12.7. The van der Waals surface area contributed by atoms with Crippen molar-refractivity contribution in [1.29, 1.82) is 0 Å². The number of fused-ring (bicyclic) bond motifs is 1. The number of morpholine rings is 1. The zero-order valence-electron chi connectivity index (χ0n) is 11.8. The van der Waals surface area contributed by atoms with Gasteiger partial charge in [-0.05, 0) is 23.8 Å². The summed E-state index contributed by atoms with van der Waals surface area (Å²) in [6, 6.07) is 5.38. The molecule has 5 nitrogen and oxygen atoms in total. The third kappa shape index (κ3) is 2.21. The quantitative estimate of drug-likeness (QED) is 0.896. The van der Waals surface area contributed by atoms with Gasteiger partial charge >= 0.3 is 0 Å². The Hall–Kier alpha value is -1.11. The number of nitrogens with zero attached hydrogens (tertiary/aromatic N) is 1. The van der Waals surface area contributed by atoms with Crippen molar-refractivity contribution in [3.05, 3.63) is 23.8 Å². The van der Waals surface area contributed by atoms with E-state index in [9.17, 15) is 8.42 Å². The summed E-state index contributed by atoms with van der Waals surface area (Å²) < 4.78 is 32.0. The van der Waals surface area contributed by atoms with Crippen LogP contribution in [0.5, 0.6) is 0 Å². The Kier molecular flexibility index (Phi) is 3.27. The van der Waals surface area contributed by atoms with Gasteiger partial charge in [-0.2, -0.15) is 4.31 Å². The second-order valence-corrected chi connectivity index (χ2v) is 7.90. The molecule has 0 saturated carbocycles. The Bertz CT molecular complexity index is 619. The fourth-order valence-electron chi connectivity index (χ4n) is 2.75. The molecule has 0 amide bonds. The molecule has 2 heterocycles. The summed E-state index contributed by atoms with van der Waals surface area (Å²) in [6.45, 7) is 6.88. The Morgan fingerprint density at radius 3 is 2.65 bits per heavy atom. The minimum Gasteiger partial charge on any atom is -0.384 e. The van der Waals surface area contributed by atoms with E-state index in [0.29, 0.717) is 31.2 Å². The van der Waals surface area contributed by atoms with E-state index in [0.717, 1.165) is 17.8 Å². The molecule has 0 unspecified atom stereocenters. The van der Waals surface area contributed by atoms with Crippen LogP contribution in [-0.2, 0) is 20.2 Å². The largest absolute Gasteiger partial charge is 0.384 e. The molecule has 1 N–H and O–H groups in total. The lowest BCUT2D eigenvalue weighted by Crippen LogP contribution is -2.40. The van der Waals surface area contributed by atoms with Crippen molar-refractivity contribution >= 4 is 15.7 Å². The summed E-state index contributed by atoms with van der Waals surface area (Å²) in [4.78, 5) is 0.384. The number of sulfonamides is 1. The molecule has 0 aliphatic carbocycles. The topological polar surface area (TPSA) is 58.6 Å². The zero-order chi connectivity index (χ0) is 14.4. The van der Waals surface area contributed by atoms with Crippen molar-refractivity contribution in [2.24, 2.45) is 0 Å². The van der Waals surface area contributed by atoms with Gasteiger partial charge in [0.25, 0.3) is 0 Å². The molecule has 0 bridgehead atoms. The Balaban J connectivity index is 1.99. The number of hydrogen-bond donors (Lipinski definition) is 1. The smallest absolute Gasteiger partial charge is 0.243 e. The third-order valence-corrected chi connectivity index (χ3v) is 5.94. The number of nitrogens with one attached hydrogen (secondary N) is 1. The Morgan fingerprint density at radius 1 is 1.25 bits per heavy atom. The van der Waals surface area contributed by atoms with Crippen molar-refractivity contribution < 1.29 is 13.2 Å². The van der Waals surface area contributed by atoms with Gasteiger partial charge in [0.15, 0.2) is 0 Å². The second-order valence-electron chi connectivity index (χ2n) is 5.96. The van der Waals surface area contributed by atoms with Gasteiger partial charge < -0.3 is 10.1 Å². The first-order chi connectivity index (χ1) is 9.41. The van der Waals surface area contributed by atoms with E-state index in [-0.39, 0.29) is 5.41 Å². The molecular formula is C14H20N2O3S. The van der Waals surface area contributed by atoms with Crippen LogP contribution in [0.15, 0.2) is 23.1 Å². The Labute approximate surface area is 120 Å². The van der Waals surface area contributed by atoms with E-state index in [1.54, 1.807) is 6.07 Å². The molecule has 1 saturated heterocycles. The lowest BCUT2D eigenvalue weighted by molar-refractivity contribution is 0.0730. The van der Waals surface area contributed by atoms with Gasteiger partial charge in [-0.25, -0.2) is 8.42 Å². The average molecular weight is 296 g/mol. The number of ether oxygens (including phenoxy) is 1. The van der Waals surface area contributed by atoms with Crippen molar-refractivity contribution in [2.75, 3.05) is 38.2 Å². The number of benzene rings is 1. The lowest BCUT2D eigenvalue weighted by atomic mass is 9.87. The molecule has 1 fully saturated rings. The highest BCUT2D eigenvalue weighted by molar-refractivity contribution is 7.89. The molecule has 2 aliphatic heterocycles. The monoisotopic (exact) mass is 296 g/mol. The SMILES string of the molecule is CC1(C)CNc2ccc(S(=O)(=O)N3CCOCC3)cc21. The lowest BCUT2D eigenvalue weighted by Gasteiger charge is -2.26. The van der Waals surface area contributed by atoms with E-state index < -0.39 is 10.0 Å². The second kappa shape index (κ2) is 4.72. The first-order valence-electron chi connectivity index (χ1n) is 6.87. The van der Waals surface area contributed by atoms with Crippen LogP contribution in [0, 0.1) is 0 Å². The van der Waals surface area contributed by atoms with Crippen LogP contribution in [0.4, 0.5) is 5.69 Å². The van der Waals surface area contributed by atoms with Crippen molar-refractivity contribution in [1.82, 2.24) is 4.31 Å². The maximum absolute atomic E-state index is 12.6. The predicted molar refractivity (Wildman–Crippen MR) is 77.5 cm³/mol. The number of anilines is 1. The molecule has 1 aromatic carbocycles. The maximum atomic E-state index is 12.6. The van der Waals surface area contributed by atoms with Crippen molar-refractivity contribution in [3.8, 4) is 0 Å². The Morgan fingerprint density at radius 2 is 1.95 bits per heavy atom. The molecule has 0 aromatic heterocycles. The van der Waals surface area contributed by atoms with Crippen LogP contribution < -0.4 is 5.32 Å². The minimum absolute atomic E-state index is 0.0358. The van der Waals surface area contributed by atoms with Gasteiger partial charge in [0.1, 0.15) is 0 Å². The van der Waals surface area contributed by atoms with Crippen molar-refractivity contribution in [2.45, 2.75) is 24.2 Å². The molecule has 20 heavy (non-hydrogen) atoms. The third-order valence-electron chi connectivity index (χ3n) is 4.05. The minimum atomic E-state index is -3.41. The fourth-order valence-corrected chi connectivity index (χ4v) is 4.18. The predicted octanol–water partition coefficient (Wildman–Crippen LogP) is 1.41. The van der Waals surface area contributed by atoms with Crippen LogP contribution in [0.25, 0.3) is 0 Å². The molecule has 0 atom stereocenters. The summed E-state index contributed by atoms with van der Waals surface area (Å²) in [5.74, 6) is 0. The van der Waals surface area contributed by atoms with Crippen molar-refractivity contribution in [3.63, 3.8) is 0 Å². The van der Waals surface area contributed by atoms with Gasteiger partial charge in [-0.1, -0.05) is 13.8 Å². The summed E-state index contributed by atoms with van der Waals surface area (Å²) in [7, 11) is -3.41. The van der Waals surface area contributed by atoms with E-state index in [2.05, 4.69) is 19.2 Å².